The van der Waals surface area contributed by atoms with E-state index in [9.17, 15) is 4.79 Å². The van der Waals surface area contributed by atoms with Crippen LogP contribution in [0.4, 0.5) is 11.4 Å². The number of fused-ring (bicyclic) bond motifs is 1. The van der Waals surface area contributed by atoms with Crippen LogP contribution in [-0.2, 0) is 11.8 Å². The van der Waals surface area contributed by atoms with E-state index in [1.807, 2.05) is 48.0 Å². The van der Waals surface area contributed by atoms with Gasteiger partial charge < -0.3 is 14.8 Å². The molecule has 1 aliphatic heterocycles. The number of nitrogens with zero attached hydrogens (tertiary/aromatic N) is 3. The van der Waals surface area contributed by atoms with Crippen molar-refractivity contribution in [3.63, 3.8) is 0 Å². The second-order valence-electron chi connectivity index (χ2n) is 6.52. The Bertz CT molecular complexity index is 913. The Morgan fingerprint density at radius 2 is 1.85 bits per heavy atom. The van der Waals surface area contributed by atoms with Gasteiger partial charge in [-0.25, -0.2) is 4.98 Å². The number of rotatable bonds is 5. The normalized spacial score (nSPS) is 14.1. The average Bonchev–Trinajstić information content (AvgIpc) is 3.30. The second-order valence-corrected chi connectivity index (χ2v) is 7.46. The number of benzene rings is 2. The van der Waals surface area contributed by atoms with Gasteiger partial charge in [0.25, 0.3) is 0 Å². The van der Waals surface area contributed by atoms with Gasteiger partial charge in [0.05, 0.1) is 16.8 Å². The summed E-state index contributed by atoms with van der Waals surface area (Å²) in [4.78, 5) is 19.2. The summed E-state index contributed by atoms with van der Waals surface area (Å²) < 4.78 is 2.03. The molecule has 4 rings (SSSR count). The third kappa shape index (κ3) is 3.55. The summed E-state index contributed by atoms with van der Waals surface area (Å²) in [5.41, 5.74) is 4.10. The quantitative estimate of drug-likeness (QED) is 0.696. The Morgan fingerprint density at radius 1 is 1.12 bits per heavy atom. The fraction of sp³-hybridized carbons (Fsp3) is 0.300. The van der Waals surface area contributed by atoms with Crippen molar-refractivity contribution >= 4 is 40.1 Å². The molecule has 0 radical (unpaired) electrons. The van der Waals surface area contributed by atoms with Crippen LogP contribution in [-0.4, -0.2) is 34.3 Å². The van der Waals surface area contributed by atoms with E-state index in [1.165, 1.54) is 30.3 Å². The first-order valence-corrected chi connectivity index (χ1v) is 9.88. The number of carbonyl (C=O) groups is 1. The third-order valence-electron chi connectivity index (χ3n) is 4.70. The van der Waals surface area contributed by atoms with E-state index < -0.39 is 0 Å². The zero-order valence-corrected chi connectivity index (χ0v) is 15.6. The minimum Gasteiger partial charge on any atom is -0.372 e. The summed E-state index contributed by atoms with van der Waals surface area (Å²) in [5, 5.41) is 3.82. The zero-order chi connectivity index (χ0) is 17.9. The van der Waals surface area contributed by atoms with Crippen molar-refractivity contribution in [2.24, 2.45) is 7.05 Å². The Balaban J connectivity index is 1.35. The summed E-state index contributed by atoms with van der Waals surface area (Å²) in [7, 11) is 1.98. The Morgan fingerprint density at radius 3 is 2.58 bits per heavy atom. The molecule has 26 heavy (non-hydrogen) atoms. The molecule has 1 saturated heterocycles. The van der Waals surface area contributed by atoms with Crippen LogP contribution in [0.2, 0.25) is 0 Å². The predicted octanol–water partition coefficient (Wildman–Crippen LogP) is 3.90. The molecule has 0 saturated carbocycles. The van der Waals surface area contributed by atoms with Crippen LogP contribution in [0.25, 0.3) is 11.0 Å². The number of hydrogen-bond donors (Lipinski definition) is 1. The Kier molecular flexibility index (Phi) is 4.84. The smallest absolute Gasteiger partial charge is 0.234 e. The molecule has 6 heteroatoms. The van der Waals surface area contributed by atoms with E-state index in [-0.39, 0.29) is 5.91 Å². The van der Waals surface area contributed by atoms with E-state index in [4.69, 9.17) is 0 Å². The van der Waals surface area contributed by atoms with Gasteiger partial charge in [-0.2, -0.15) is 0 Å². The first kappa shape index (κ1) is 17.0. The first-order chi connectivity index (χ1) is 12.7. The Hall–Kier alpha value is -2.47. The fourth-order valence-corrected chi connectivity index (χ4v) is 4.10. The van der Waals surface area contributed by atoms with Crippen LogP contribution < -0.4 is 10.2 Å². The van der Waals surface area contributed by atoms with Crippen LogP contribution in [0, 0.1) is 0 Å². The molecule has 1 amide bonds. The van der Waals surface area contributed by atoms with Gasteiger partial charge in [-0.1, -0.05) is 23.9 Å². The van der Waals surface area contributed by atoms with Crippen molar-refractivity contribution in [1.29, 1.82) is 0 Å². The molecule has 5 nitrogen and oxygen atoms in total. The molecule has 2 aromatic carbocycles. The van der Waals surface area contributed by atoms with Crippen molar-refractivity contribution in [3.05, 3.63) is 48.5 Å². The highest BCUT2D eigenvalue weighted by molar-refractivity contribution is 7.99. The topological polar surface area (TPSA) is 50.2 Å². The molecule has 0 unspecified atom stereocenters. The van der Waals surface area contributed by atoms with Crippen LogP contribution in [0.15, 0.2) is 53.7 Å². The van der Waals surface area contributed by atoms with Crippen LogP contribution >= 0.6 is 11.8 Å². The number of nitrogens with one attached hydrogen (secondary N) is 1. The number of thioether (sulfide) groups is 1. The molecule has 1 aromatic heterocycles. The van der Waals surface area contributed by atoms with Crippen molar-refractivity contribution in [2.75, 3.05) is 29.1 Å². The first-order valence-electron chi connectivity index (χ1n) is 8.90. The van der Waals surface area contributed by atoms with E-state index in [1.54, 1.807) is 0 Å². The summed E-state index contributed by atoms with van der Waals surface area (Å²) in [6.45, 7) is 2.25. The molecule has 3 aromatic rings. The average molecular weight is 366 g/mol. The van der Waals surface area contributed by atoms with Gasteiger partial charge in [0.2, 0.25) is 5.91 Å². The van der Waals surface area contributed by atoms with Crippen molar-refractivity contribution in [3.8, 4) is 0 Å². The van der Waals surface area contributed by atoms with Gasteiger partial charge >= 0.3 is 0 Å². The highest BCUT2D eigenvalue weighted by Crippen LogP contribution is 2.24. The number of hydrogen-bond acceptors (Lipinski definition) is 4. The van der Waals surface area contributed by atoms with E-state index in [0.29, 0.717) is 5.75 Å². The maximum Gasteiger partial charge on any atom is 0.234 e. The van der Waals surface area contributed by atoms with Gasteiger partial charge in [0.1, 0.15) is 0 Å². The highest BCUT2D eigenvalue weighted by Gasteiger charge is 2.13. The lowest BCUT2D eigenvalue weighted by molar-refractivity contribution is -0.113. The molecule has 134 valence electrons. The molecule has 1 N–H and O–H groups in total. The Labute approximate surface area is 157 Å². The van der Waals surface area contributed by atoms with E-state index in [2.05, 4.69) is 27.3 Å². The number of para-hydroxylation sites is 2. The largest absolute Gasteiger partial charge is 0.372 e. The van der Waals surface area contributed by atoms with Crippen molar-refractivity contribution in [1.82, 2.24) is 9.55 Å². The van der Waals surface area contributed by atoms with E-state index in [0.717, 1.165) is 35.0 Å². The fourth-order valence-electron chi connectivity index (χ4n) is 3.31. The molecular weight excluding hydrogens is 344 g/mol. The van der Waals surface area contributed by atoms with E-state index >= 15 is 0 Å². The van der Waals surface area contributed by atoms with Gasteiger partial charge in [-0.15, -0.1) is 0 Å². The molecule has 1 aliphatic rings. The molecule has 0 spiro atoms. The maximum atomic E-state index is 12.3. The SMILES string of the molecule is Cn1c(SCC(=O)Nc2ccc(N3CCCC3)cc2)nc2ccccc21. The van der Waals surface area contributed by atoms with Crippen LogP contribution in [0.1, 0.15) is 12.8 Å². The summed E-state index contributed by atoms with van der Waals surface area (Å²) >= 11 is 1.46. The number of imidazole rings is 1. The third-order valence-corrected chi connectivity index (χ3v) is 5.73. The summed E-state index contributed by atoms with van der Waals surface area (Å²) in [6.07, 6.45) is 2.52. The molecule has 0 atom stereocenters. The minimum atomic E-state index is -0.0176. The lowest BCUT2D eigenvalue weighted by atomic mass is 10.2. The maximum absolute atomic E-state index is 12.3. The summed E-state index contributed by atoms with van der Waals surface area (Å²) in [5.74, 6) is 0.321. The zero-order valence-electron chi connectivity index (χ0n) is 14.8. The molecule has 0 aliphatic carbocycles. The number of anilines is 2. The number of aromatic nitrogens is 2. The van der Waals surface area contributed by atoms with Crippen molar-refractivity contribution in [2.45, 2.75) is 18.0 Å². The van der Waals surface area contributed by atoms with Crippen LogP contribution in [0.3, 0.4) is 0 Å². The summed E-state index contributed by atoms with van der Waals surface area (Å²) in [6, 6.07) is 16.1. The number of aryl methyl sites for hydroxylation is 1. The van der Waals surface area contributed by atoms with Gasteiger partial charge in [0.15, 0.2) is 5.16 Å². The van der Waals surface area contributed by atoms with Crippen molar-refractivity contribution < 1.29 is 4.79 Å². The molecule has 1 fully saturated rings. The minimum absolute atomic E-state index is 0.0176. The highest BCUT2D eigenvalue weighted by atomic mass is 32.2. The lowest BCUT2D eigenvalue weighted by Gasteiger charge is -2.17. The molecular formula is C20H22N4OS. The predicted molar refractivity (Wildman–Crippen MR) is 108 cm³/mol. The van der Waals surface area contributed by atoms with Gasteiger partial charge in [0, 0.05) is 31.5 Å². The second kappa shape index (κ2) is 7.41. The number of amides is 1. The molecule has 0 bridgehead atoms. The van der Waals surface area contributed by atoms with Crippen LogP contribution in [0.5, 0.6) is 0 Å². The number of carbonyl (C=O) groups excluding carboxylic acids is 1. The lowest BCUT2D eigenvalue weighted by Crippen LogP contribution is -2.18. The monoisotopic (exact) mass is 366 g/mol. The van der Waals surface area contributed by atoms with Gasteiger partial charge in [-0.05, 0) is 49.2 Å². The van der Waals surface area contributed by atoms with Gasteiger partial charge in [-0.3, -0.25) is 4.79 Å². The standard InChI is InChI=1S/C20H22N4OS/c1-23-18-7-3-2-6-17(18)22-20(23)26-14-19(25)21-15-8-10-16(11-9-15)24-12-4-5-13-24/h2-3,6-11H,4-5,12-14H2,1H3,(H,21,25). The molecule has 2 heterocycles.